The first-order valence-electron chi connectivity index (χ1n) is 8.75. The Kier molecular flexibility index (Phi) is 6.13. The number of nitrogens with one attached hydrogen (secondary N) is 1. The van der Waals surface area contributed by atoms with Gasteiger partial charge in [0.25, 0.3) is 0 Å². The Morgan fingerprint density at radius 3 is 2.27 bits per heavy atom. The quantitative estimate of drug-likeness (QED) is 0.773. The summed E-state index contributed by atoms with van der Waals surface area (Å²) in [5.74, 6) is 0. The summed E-state index contributed by atoms with van der Waals surface area (Å²) in [4.78, 5) is 2.36. The molecule has 7 nitrogen and oxygen atoms in total. The number of morpholine rings is 2. The van der Waals surface area contributed by atoms with Crippen molar-refractivity contribution in [1.29, 1.82) is 0 Å². The molecule has 0 saturated carbocycles. The zero-order valence-electron chi connectivity index (χ0n) is 15.1. The Morgan fingerprint density at radius 2 is 1.69 bits per heavy atom. The van der Waals surface area contributed by atoms with E-state index in [9.17, 15) is 8.42 Å². The summed E-state index contributed by atoms with van der Waals surface area (Å²) in [6, 6.07) is 6.71. The fourth-order valence-corrected chi connectivity index (χ4v) is 4.87. The van der Waals surface area contributed by atoms with Crippen molar-refractivity contribution in [3.05, 3.63) is 24.3 Å². The van der Waals surface area contributed by atoms with Crippen LogP contribution >= 0.6 is 12.2 Å². The van der Waals surface area contributed by atoms with E-state index in [0.29, 0.717) is 31.4 Å². The fourth-order valence-electron chi connectivity index (χ4n) is 3.19. The van der Waals surface area contributed by atoms with Crippen LogP contribution in [-0.2, 0) is 19.5 Å². The van der Waals surface area contributed by atoms with Crippen LogP contribution in [0.5, 0.6) is 0 Å². The van der Waals surface area contributed by atoms with Gasteiger partial charge in [0.05, 0.1) is 30.3 Å². The minimum absolute atomic E-state index is 0.125. The summed E-state index contributed by atoms with van der Waals surface area (Å²) < 4.78 is 37.7. The highest BCUT2D eigenvalue weighted by molar-refractivity contribution is 7.89. The molecule has 0 spiro atoms. The molecule has 2 heterocycles. The van der Waals surface area contributed by atoms with Crippen LogP contribution in [0.4, 0.5) is 5.69 Å². The third-order valence-electron chi connectivity index (χ3n) is 4.42. The number of hydrogen-bond donors (Lipinski definition) is 1. The van der Waals surface area contributed by atoms with Gasteiger partial charge in [0.1, 0.15) is 0 Å². The molecule has 0 aliphatic carbocycles. The number of hydrogen-bond acceptors (Lipinski definition) is 5. The van der Waals surface area contributed by atoms with Crippen LogP contribution in [0.15, 0.2) is 29.2 Å². The largest absolute Gasteiger partial charge is 0.379 e. The average Bonchev–Trinajstić information content (AvgIpc) is 2.62. The van der Waals surface area contributed by atoms with Gasteiger partial charge in [0, 0.05) is 31.9 Å². The first-order chi connectivity index (χ1) is 12.4. The second-order valence-corrected chi connectivity index (χ2v) is 8.96. The summed E-state index contributed by atoms with van der Waals surface area (Å²) in [5.41, 5.74) is 0.766. The number of thiocarbonyl (C=S) groups is 1. The SMILES string of the molecule is C[C@H]1CN(C(=S)Nc2ccc(S(=O)(=O)N3CCOCC3)cc2)C[C@H](C)O1. The lowest BCUT2D eigenvalue weighted by molar-refractivity contribution is -0.0473. The molecule has 0 radical (unpaired) electrons. The predicted molar refractivity (Wildman–Crippen MR) is 104 cm³/mol. The molecule has 2 atom stereocenters. The van der Waals surface area contributed by atoms with Gasteiger partial charge in [-0.2, -0.15) is 4.31 Å². The van der Waals surface area contributed by atoms with E-state index in [2.05, 4.69) is 10.2 Å². The van der Waals surface area contributed by atoms with Crippen molar-refractivity contribution in [1.82, 2.24) is 9.21 Å². The van der Waals surface area contributed by atoms with Crippen molar-refractivity contribution in [3.63, 3.8) is 0 Å². The third kappa shape index (κ3) is 4.52. The summed E-state index contributed by atoms with van der Waals surface area (Å²) in [6.45, 7) is 7.17. The summed E-state index contributed by atoms with van der Waals surface area (Å²) in [7, 11) is -3.48. The monoisotopic (exact) mass is 399 g/mol. The first-order valence-corrected chi connectivity index (χ1v) is 10.6. The van der Waals surface area contributed by atoms with E-state index < -0.39 is 10.0 Å². The van der Waals surface area contributed by atoms with Gasteiger partial charge in [0.15, 0.2) is 5.11 Å². The van der Waals surface area contributed by atoms with E-state index >= 15 is 0 Å². The zero-order valence-corrected chi connectivity index (χ0v) is 16.7. The van der Waals surface area contributed by atoms with Crippen LogP contribution in [-0.4, -0.2) is 74.3 Å². The Labute approximate surface area is 160 Å². The normalized spacial score (nSPS) is 25.1. The maximum absolute atomic E-state index is 12.6. The first kappa shape index (κ1) is 19.5. The molecule has 2 aliphatic heterocycles. The fraction of sp³-hybridized carbons (Fsp3) is 0.588. The maximum atomic E-state index is 12.6. The second-order valence-electron chi connectivity index (χ2n) is 6.63. The highest BCUT2D eigenvalue weighted by atomic mass is 32.2. The second kappa shape index (κ2) is 8.18. The maximum Gasteiger partial charge on any atom is 0.243 e. The number of nitrogens with zero attached hydrogens (tertiary/aromatic N) is 2. The van der Waals surface area contributed by atoms with Gasteiger partial charge in [-0.3, -0.25) is 0 Å². The van der Waals surface area contributed by atoms with Gasteiger partial charge in [0.2, 0.25) is 10.0 Å². The molecule has 0 bridgehead atoms. The van der Waals surface area contributed by atoms with Gasteiger partial charge in [-0.15, -0.1) is 0 Å². The van der Waals surface area contributed by atoms with Crippen LogP contribution in [0.1, 0.15) is 13.8 Å². The smallest absolute Gasteiger partial charge is 0.243 e. The van der Waals surface area contributed by atoms with E-state index in [1.165, 1.54) is 4.31 Å². The highest BCUT2D eigenvalue weighted by Gasteiger charge is 2.27. The molecule has 0 aromatic heterocycles. The minimum Gasteiger partial charge on any atom is -0.379 e. The average molecular weight is 400 g/mol. The van der Waals surface area contributed by atoms with Crippen molar-refractivity contribution in [2.45, 2.75) is 31.0 Å². The van der Waals surface area contributed by atoms with Crippen LogP contribution in [0, 0.1) is 0 Å². The molecular weight excluding hydrogens is 374 g/mol. The number of sulfonamides is 1. The standard InChI is InChI=1S/C17H25N3O4S2/c1-13-11-19(12-14(2)24-13)17(25)18-15-3-5-16(6-4-15)26(21,22)20-7-9-23-10-8-20/h3-6,13-14H,7-12H2,1-2H3,(H,18,25)/t13-,14-/m0/s1. The molecule has 1 N–H and O–H groups in total. The van der Waals surface area contributed by atoms with E-state index in [1.54, 1.807) is 24.3 Å². The van der Waals surface area contributed by atoms with Gasteiger partial charge in [-0.05, 0) is 50.3 Å². The van der Waals surface area contributed by atoms with Gasteiger partial charge in [-0.25, -0.2) is 8.42 Å². The molecule has 1 aromatic carbocycles. The molecule has 1 aromatic rings. The van der Waals surface area contributed by atoms with Crippen LogP contribution in [0.3, 0.4) is 0 Å². The van der Waals surface area contributed by atoms with Gasteiger partial charge in [-0.1, -0.05) is 0 Å². The van der Waals surface area contributed by atoms with Gasteiger partial charge < -0.3 is 19.7 Å². The van der Waals surface area contributed by atoms with E-state index in [4.69, 9.17) is 21.7 Å². The molecule has 3 rings (SSSR count). The van der Waals surface area contributed by atoms with Crippen LogP contribution in [0.2, 0.25) is 0 Å². The van der Waals surface area contributed by atoms with E-state index in [0.717, 1.165) is 18.8 Å². The highest BCUT2D eigenvalue weighted by Crippen LogP contribution is 2.20. The lowest BCUT2D eigenvalue weighted by atomic mass is 10.2. The Hall–Kier alpha value is -1.26. The number of ether oxygens (including phenoxy) is 2. The molecule has 26 heavy (non-hydrogen) atoms. The van der Waals surface area contributed by atoms with Crippen molar-refractivity contribution in [3.8, 4) is 0 Å². The molecular formula is C17H25N3O4S2. The minimum atomic E-state index is -3.48. The third-order valence-corrected chi connectivity index (χ3v) is 6.69. The van der Waals surface area contributed by atoms with Crippen LogP contribution < -0.4 is 5.32 Å². The van der Waals surface area contributed by atoms with E-state index in [1.807, 2.05) is 13.8 Å². The summed E-state index contributed by atoms with van der Waals surface area (Å²) in [6.07, 6.45) is 0.249. The molecule has 0 unspecified atom stereocenters. The molecule has 2 fully saturated rings. The number of rotatable bonds is 3. The van der Waals surface area contributed by atoms with Crippen molar-refractivity contribution in [2.24, 2.45) is 0 Å². The van der Waals surface area contributed by atoms with Crippen molar-refractivity contribution < 1.29 is 17.9 Å². The topological polar surface area (TPSA) is 71.1 Å². The predicted octanol–water partition coefficient (Wildman–Crippen LogP) is 1.51. The molecule has 9 heteroatoms. The Balaban J connectivity index is 1.65. The lowest BCUT2D eigenvalue weighted by Gasteiger charge is -2.36. The Morgan fingerprint density at radius 1 is 1.12 bits per heavy atom. The van der Waals surface area contributed by atoms with E-state index in [-0.39, 0.29) is 17.1 Å². The summed E-state index contributed by atoms with van der Waals surface area (Å²) in [5, 5.41) is 3.81. The van der Waals surface area contributed by atoms with Crippen LogP contribution in [0.25, 0.3) is 0 Å². The zero-order chi connectivity index (χ0) is 18.7. The van der Waals surface area contributed by atoms with Gasteiger partial charge >= 0.3 is 0 Å². The van der Waals surface area contributed by atoms with Crippen molar-refractivity contribution >= 4 is 33.0 Å². The Bertz CT molecular complexity index is 723. The molecule has 0 amide bonds. The molecule has 2 aliphatic rings. The number of benzene rings is 1. The lowest BCUT2D eigenvalue weighted by Crippen LogP contribution is -2.49. The molecule has 2 saturated heterocycles. The van der Waals surface area contributed by atoms with Crippen molar-refractivity contribution in [2.75, 3.05) is 44.7 Å². The summed E-state index contributed by atoms with van der Waals surface area (Å²) >= 11 is 5.49. The molecule has 144 valence electrons. The number of anilines is 1.